The van der Waals surface area contributed by atoms with Gasteiger partial charge in [-0.05, 0) is 25.1 Å². The maximum atomic E-state index is 10.8. The highest BCUT2D eigenvalue weighted by atomic mass is 32.2. The van der Waals surface area contributed by atoms with Gasteiger partial charge in [0.15, 0.2) is 0 Å². The summed E-state index contributed by atoms with van der Waals surface area (Å²) < 4.78 is 25.3. The zero-order valence-corrected chi connectivity index (χ0v) is 12.4. The van der Waals surface area contributed by atoms with Crippen LogP contribution in [0.2, 0.25) is 0 Å². The molecule has 0 bridgehead atoms. The van der Waals surface area contributed by atoms with E-state index >= 15 is 0 Å². The molecule has 1 heterocycles. The largest absolute Gasteiger partial charge is 0.310 e. The topological polar surface area (TPSA) is 71.1 Å². The van der Waals surface area contributed by atoms with Crippen molar-refractivity contribution in [1.82, 2.24) is 15.0 Å². The maximum absolute atomic E-state index is 10.8. The lowest BCUT2D eigenvalue weighted by atomic mass is 10.3. The number of hydrogen-bond donors (Lipinski definition) is 2. The molecule has 0 saturated carbocycles. The first-order valence-electron chi connectivity index (χ1n) is 6.04. The van der Waals surface area contributed by atoms with E-state index in [0.29, 0.717) is 6.54 Å². The van der Waals surface area contributed by atoms with Crippen LogP contribution in [-0.4, -0.2) is 32.7 Å². The number of rotatable bonds is 7. The molecule has 1 aromatic carbocycles. The average molecular weight is 299 g/mol. The Hall–Kier alpha value is -1.02. The molecule has 1 aromatic heterocycles. The van der Waals surface area contributed by atoms with Crippen LogP contribution in [0, 0.1) is 0 Å². The lowest BCUT2D eigenvalue weighted by Gasteiger charge is -2.03. The van der Waals surface area contributed by atoms with Crippen LogP contribution in [-0.2, 0) is 16.6 Å². The molecular weight excluding hydrogens is 282 g/mol. The molecule has 19 heavy (non-hydrogen) atoms. The Morgan fingerprint density at radius 1 is 1.26 bits per heavy atom. The van der Waals surface area contributed by atoms with E-state index in [4.69, 9.17) is 0 Å². The van der Waals surface area contributed by atoms with E-state index in [1.54, 1.807) is 11.3 Å². The molecule has 0 aliphatic carbocycles. The van der Waals surface area contributed by atoms with Gasteiger partial charge < -0.3 is 5.32 Å². The molecule has 2 rings (SSSR count). The van der Waals surface area contributed by atoms with Crippen LogP contribution in [0.4, 0.5) is 0 Å². The van der Waals surface area contributed by atoms with Crippen LogP contribution >= 0.6 is 11.3 Å². The van der Waals surface area contributed by atoms with Crippen molar-refractivity contribution in [1.29, 1.82) is 0 Å². The van der Waals surface area contributed by atoms with Gasteiger partial charge in [0.25, 0.3) is 0 Å². The molecular formula is C12H17N3O2S2. The van der Waals surface area contributed by atoms with Gasteiger partial charge in [-0.1, -0.05) is 12.1 Å². The van der Waals surface area contributed by atoms with Gasteiger partial charge in [-0.15, -0.1) is 11.3 Å². The predicted octanol–water partition coefficient (Wildman–Crippen LogP) is 1.33. The Bertz CT molecular complexity index is 604. The number of nitrogens with one attached hydrogen (secondary N) is 2. The molecule has 7 heteroatoms. The standard InChI is InChI=1S/C12H17N3O2S2/c1-19(16,17)14-8-4-7-13-9-12-15-10-5-2-3-6-11(10)18-12/h2-3,5-6,13-14H,4,7-9H2,1H3. The van der Waals surface area contributed by atoms with E-state index in [9.17, 15) is 8.42 Å². The lowest BCUT2D eigenvalue weighted by Crippen LogP contribution is -2.26. The van der Waals surface area contributed by atoms with Gasteiger partial charge in [0.2, 0.25) is 10.0 Å². The zero-order valence-electron chi connectivity index (χ0n) is 10.7. The normalized spacial score (nSPS) is 12.1. The molecule has 0 unspecified atom stereocenters. The van der Waals surface area contributed by atoms with Crippen molar-refractivity contribution in [2.75, 3.05) is 19.3 Å². The molecule has 0 amide bonds. The van der Waals surface area contributed by atoms with Crippen LogP contribution < -0.4 is 10.0 Å². The summed E-state index contributed by atoms with van der Waals surface area (Å²) in [7, 11) is -3.07. The number of nitrogens with zero attached hydrogens (tertiary/aromatic N) is 1. The molecule has 0 spiro atoms. The number of hydrogen-bond acceptors (Lipinski definition) is 5. The third-order valence-electron chi connectivity index (χ3n) is 2.51. The van der Waals surface area contributed by atoms with E-state index in [0.717, 1.165) is 30.0 Å². The number of benzene rings is 1. The Balaban J connectivity index is 1.71. The highest BCUT2D eigenvalue weighted by molar-refractivity contribution is 7.88. The number of fused-ring (bicyclic) bond motifs is 1. The van der Waals surface area contributed by atoms with Crippen molar-refractivity contribution in [2.24, 2.45) is 0 Å². The first-order chi connectivity index (χ1) is 9.04. The molecule has 2 aromatic rings. The van der Waals surface area contributed by atoms with Crippen LogP contribution in [0.3, 0.4) is 0 Å². The van der Waals surface area contributed by atoms with Gasteiger partial charge in [-0.2, -0.15) is 0 Å². The van der Waals surface area contributed by atoms with Gasteiger partial charge in [0.05, 0.1) is 16.5 Å². The second-order valence-electron chi connectivity index (χ2n) is 4.27. The van der Waals surface area contributed by atoms with Crippen molar-refractivity contribution in [2.45, 2.75) is 13.0 Å². The first-order valence-corrected chi connectivity index (χ1v) is 8.75. The van der Waals surface area contributed by atoms with Crippen LogP contribution in [0.5, 0.6) is 0 Å². The Labute approximate surface area is 117 Å². The van der Waals surface area contributed by atoms with E-state index in [1.807, 2.05) is 18.2 Å². The van der Waals surface area contributed by atoms with E-state index in [-0.39, 0.29) is 0 Å². The number of thiazole rings is 1. The molecule has 0 atom stereocenters. The summed E-state index contributed by atoms with van der Waals surface area (Å²) in [5, 5.41) is 4.32. The Morgan fingerprint density at radius 3 is 2.79 bits per heavy atom. The number of aromatic nitrogens is 1. The van der Waals surface area contributed by atoms with Gasteiger partial charge in [0.1, 0.15) is 5.01 Å². The van der Waals surface area contributed by atoms with Crippen molar-refractivity contribution >= 4 is 31.6 Å². The fraction of sp³-hybridized carbons (Fsp3) is 0.417. The molecule has 104 valence electrons. The quantitative estimate of drug-likeness (QED) is 0.757. The van der Waals surface area contributed by atoms with E-state index in [2.05, 4.69) is 21.1 Å². The number of para-hydroxylation sites is 1. The van der Waals surface area contributed by atoms with Gasteiger partial charge >= 0.3 is 0 Å². The van der Waals surface area contributed by atoms with Gasteiger partial charge in [0, 0.05) is 13.1 Å². The highest BCUT2D eigenvalue weighted by Crippen LogP contribution is 2.21. The minimum Gasteiger partial charge on any atom is -0.310 e. The summed E-state index contributed by atoms with van der Waals surface area (Å²) in [5.74, 6) is 0. The molecule has 0 fully saturated rings. The molecule has 0 aliphatic rings. The third-order valence-corrected chi connectivity index (χ3v) is 4.27. The second-order valence-corrected chi connectivity index (χ2v) is 7.22. The van der Waals surface area contributed by atoms with Crippen LogP contribution in [0.1, 0.15) is 11.4 Å². The molecule has 0 radical (unpaired) electrons. The minimum absolute atomic E-state index is 0.464. The van der Waals surface area contributed by atoms with E-state index < -0.39 is 10.0 Å². The zero-order chi connectivity index (χ0) is 13.7. The summed E-state index contributed by atoms with van der Waals surface area (Å²) in [5.41, 5.74) is 1.03. The molecule has 2 N–H and O–H groups in total. The maximum Gasteiger partial charge on any atom is 0.208 e. The average Bonchev–Trinajstić information content (AvgIpc) is 2.74. The summed E-state index contributed by atoms with van der Waals surface area (Å²) >= 11 is 1.68. The van der Waals surface area contributed by atoms with Crippen molar-refractivity contribution < 1.29 is 8.42 Å². The minimum atomic E-state index is -3.07. The molecule has 0 aliphatic heterocycles. The monoisotopic (exact) mass is 299 g/mol. The summed E-state index contributed by atoms with van der Waals surface area (Å²) in [6.07, 6.45) is 1.93. The van der Waals surface area contributed by atoms with Crippen molar-refractivity contribution in [3.63, 3.8) is 0 Å². The second kappa shape index (κ2) is 6.42. The Morgan fingerprint density at radius 2 is 2.05 bits per heavy atom. The molecule has 0 saturated heterocycles. The highest BCUT2D eigenvalue weighted by Gasteiger charge is 2.02. The lowest BCUT2D eigenvalue weighted by molar-refractivity contribution is 0.579. The fourth-order valence-corrected chi connectivity index (χ4v) is 3.11. The summed E-state index contributed by atoms with van der Waals surface area (Å²) in [4.78, 5) is 4.51. The SMILES string of the molecule is CS(=O)(=O)NCCCNCc1nc2ccccc2s1. The smallest absolute Gasteiger partial charge is 0.208 e. The van der Waals surface area contributed by atoms with Crippen LogP contribution in [0.25, 0.3) is 10.2 Å². The van der Waals surface area contributed by atoms with Crippen molar-refractivity contribution in [3.8, 4) is 0 Å². The molecule has 5 nitrogen and oxygen atoms in total. The predicted molar refractivity (Wildman–Crippen MR) is 78.8 cm³/mol. The van der Waals surface area contributed by atoms with Crippen LogP contribution in [0.15, 0.2) is 24.3 Å². The first kappa shape index (κ1) is 14.4. The van der Waals surface area contributed by atoms with Crippen molar-refractivity contribution in [3.05, 3.63) is 29.3 Å². The van der Waals surface area contributed by atoms with E-state index in [1.165, 1.54) is 11.0 Å². The van der Waals surface area contributed by atoms with Gasteiger partial charge in [-0.3, -0.25) is 0 Å². The number of sulfonamides is 1. The summed E-state index contributed by atoms with van der Waals surface area (Å²) in [6, 6.07) is 8.06. The third kappa shape index (κ3) is 4.87. The van der Waals surface area contributed by atoms with Gasteiger partial charge in [-0.25, -0.2) is 18.1 Å². The summed E-state index contributed by atoms with van der Waals surface area (Å²) in [6.45, 7) is 1.95. The Kier molecular flexibility index (Phi) is 4.87. The fourth-order valence-electron chi connectivity index (χ4n) is 1.66.